The second-order valence-corrected chi connectivity index (χ2v) is 9.19. The molecule has 20 heteroatoms. The van der Waals surface area contributed by atoms with Crippen molar-refractivity contribution in [3.63, 3.8) is 0 Å². The molecule has 0 spiro atoms. The van der Waals surface area contributed by atoms with E-state index >= 15 is 0 Å². The molecular weight excluding hydrogens is 971 g/mol. The summed E-state index contributed by atoms with van der Waals surface area (Å²) in [5.41, 5.74) is 6.80. The van der Waals surface area contributed by atoms with Crippen LogP contribution >= 0.6 is 11.3 Å². The Balaban J connectivity index is -0.0000000367. The van der Waals surface area contributed by atoms with Gasteiger partial charge in [0.2, 0.25) is 0 Å². The number of hydrogen-bond acceptors (Lipinski definition) is 10. The molecule has 3 N–H and O–H groups in total. The van der Waals surface area contributed by atoms with Gasteiger partial charge in [-0.05, 0) is 115 Å². The fraction of sp³-hybridized carbons (Fsp3) is 0.206. The molecule has 0 bridgehead atoms. The Labute approximate surface area is 412 Å². The summed E-state index contributed by atoms with van der Waals surface area (Å²) in [5.74, 6) is 0.620. The molecular formula is C34H52N9O3SV7-7. The second kappa shape index (κ2) is 58.8. The smallest absolute Gasteiger partial charge is 0.0931 e. The fourth-order valence-corrected chi connectivity index (χ4v) is 2.76. The minimum atomic E-state index is 0. The average molecular weight is 1020 g/mol. The van der Waals surface area contributed by atoms with Crippen molar-refractivity contribution in [2.45, 2.75) is 48.5 Å². The van der Waals surface area contributed by atoms with Crippen LogP contribution < -0.4 is 0 Å². The van der Waals surface area contributed by atoms with Gasteiger partial charge in [0.05, 0.1) is 18.7 Å². The Kier molecular flexibility index (Phi) is 92.8. The van der Waals surface area contributed by atoms with Gasteiger partial charge in [0, 0.05) is 160 Å². The van der Waals surface area contributed by atoms with E-state index in [1.54, 1.807) is 50.1 Å². The van der Waals surface area contributed by atoms with Crippen LogP contribution in [0.1, 0.15) is 39.4 Å². The summed E-state index contributed by atoms with van der Waals surface area (Å²) >= 11 is 1.74. The molecule has 0 aromatic carbocycles. The van der Waals surface area contributed by atoms with Crippen LogP contribution in [0.3, 0.4) is 0 Å². The Hall–Kier alpha value is -0.949. The molecule has 0 saturated carbocycles. The maximum absolute atomic E-state index is 4.71. The maximum atomic E-state index is 4.71. The van der Waals surface area contributed by atoms with E-state index in [-0.39, 0.29) is 167 Å². The van der Waals surface area contributed by atoms with Gasteiger partial charge in [0.25, 0.3) is 0 Å². The molecule has 7 rings (SSSR count). The first-order valence-corrected chi connectivity index (χ1v) is 13.5. The van der Waals surface area contributed by atoms with Crippen LogP contribution in [0.5, 0.6) is 0 Å². The SMILES string of the molecule is Cc1[c-]nno1.Cc1[c-]onn1.Cc1cc[nH]c1.Cc1ccn[nH]1.Cc1ccoc1.Cc1ccsc1.Cc1cn[nH]c1.[CH3-].[CH3-].[CH3-].[CH3-].[CH3-].[V].[V].[V].[V].[V].[V].[V]. The third-order valence-electron chi connectivity index (χ3n) is 4.21. The van der Waals surface area contributed by atoms with Gasteiger partial charge < -0.3 is 60.7 Å². The molecule has 0 aliphatic rings. The zero-order valence-electron chi connectivity index (χ0n) is 33.0. The molecule has 0 aliphatic heterocycles. The van der Waals surface area contributed by atoms with E-state index in [0.717, 1.165) is 5.69 Å². The normalized spacial score (nSPS) is 6.87. The average Bonchev–Trinajstić information content (AvgIpc) is 3.79. The molecule has 54 heavy (non-hydrogen) atoms. The van der Waals surface area contributed by atoms with Gasteiger partial charge in [-0.3, -0.25) is 16.4 Å². The number of nitrogens with zero attached hydrogens (tertiary/aromatic N) is 6. The van der Waals surface area contributed by atoms with E-state index in [1.807, 2.05) is 57.6 Å². The summed E-state index contributed by atoms with van der Waals surface area (Å²) < 4.78 is 13.4. The molecule has 0 amide bonds. The van der Waals surface area contributed by atoms with Gasteiger partial charge in [-0.25, -0.2) is 6.26 Å². The van der Waals surface area contributed by atoms with Crippen molar-refractivity contribution < 1.29 is 143 Å². The quantitative estimate of drug-likeness (QED) is 0.126. The third kappa shape index (κ3) is 55.4. The first kappa shape index (κ1) is 85.3. The molecule has 7 aromatic heterocycles. The van der Waals surface area contributed by atoms with Crippen LogP contribution in [0.25, 0.3) is 0 Å². The largest absolute Gasteiger partial charge is 0.548 e. The summed E-state index contributed by atoms with van der Waals surface area (Å²) in [6, 6.07) is 7.96. The zero-order valence-corrected chi connectivity index (χ0v) is 43.5. The Morgan fingerprint density at radius 3 is 1.46 bits per heavy atom. The van der Waals surface area contributed by atoms with Crippen molar-refractivity contribution in [2.75, 3.05) is 0 Å². The maximum Gasteiger partial charge on any atom is 0.0931 e. The number of rotatable bonds is 0. The number of furan rings is 1. The van der Waals surface area contributed by atoms with Crippen LogP contribution in [-0.2, 0) is 130 Å². The molecule has 7 aromatic rings. The van der Waals surface area contributed by atoms with E-state index in [2.05, 4.69) is 98.3 Å². The standard InChI is InChI=1S/C5H7N.C5H6O.C5H6S.2C4H6N2.2C3H3N2O.5CH3.7V/c3*1-5-2-3-6-4-5;1-4-2-5-6-3-4;1-4-2-3-5-6-4;1-3-2-6-5-4-3;1-3-2-4-5-6-3;;;;;;;;;;;;/h2-4,6H,1H3;2*2-4H,1H3;2*2-3H,1H3,(H,5,6);2*1H3;5*1H3;;;;;;;/q;;;;;7*-1;;;;;;;. The molecule has 0 unspecified atom stereocenters. The first-order valence-electron chi connectivity index (χ1n) is 12.6. The summed E-state index contributed by atoms with van der Waals surface area (Å²) in [4.78, 5) is 2.93. The van der Waals surface area contributed by atoms with Crippen LogP contribution in [0, 0.1) is 98.1 Å². The van der Waals surface area contributed by atoms with Crippen molar-refractivity contribution in [1.29, 1.82) is 0 Å². The zero-order chi connectivity index (χ0) is 30.8. The molecule has 0 saturated heterocycles. The molecule has 0 aliphatic carbocycles. The van der Waals surface area contributed by atoms with Crippen LogP contribution in [0.15, 0.2) is 92.0 Å². The molecule has 7 radical (unpaired) electrons. The number of hydrogen-bond donors (Lipinski definition) is 3. The second-order valence-electron chi connectivity index (χ2n) is 8.41. The predicted molar refractivity (Wildman–Crippen MR) is 192 cm³/mol. The van der Waals surface area contributed by atoms with E-state index in [1.165, 1.54) is 22.3 Å². The van der Waals surface area contributed by atoms with E-state index in [0.29, 0.717) is 11.5 Å². The van der Waals surface area contributed by atoms with Crippen LogP contribution in [0.2, 0.25) is 0 Å². The van der Waals surface area contributed by atoms with Crippen molar-refractivity contribution in [2.24, 2.45) is 0 Å². The van der Waals surface area contributed by atoms with Gasteiger partial charge in [0.1, 0.15) is 0 Å². The topological polar surface area (TPSA) is 164 Å². The Morgan fingerprint density at radius 2 is 1.33 bits per heavy atom. The number of aromatic amines is 3. The first-order chi connectivity index (χ1) is 20.3. The molecule has 12 nitrogen and oxygen atoms in total. The van der Waals surface area contributed by atoms with Crippen LogP contribution in [-0.4, -0.2) is 46.1 Å². The van der Waals surface area contributed by atoms with Crippen molar-refractivity contribution in [1.82, 2.24) is 46.1 Å². The summed E-state index contributed by atoms with van der Waals surface area (Å²) in [7, 11) is 0. The van der Waals surface area contributed by atoms with Crippen molar-refractivity contribution in [3.8, 4) is 0 Å². The van der Waals surface area contributed by atoms with Gasteiger partial charge in [-0.1, -0.05) is 12.6 Å². The summed E-state index contributed by atoms with van der Waals surface area (Å²) in [5, 5.41) is 30.0. The van der Waals surface area contributed by atoms with Gasteiger partial charge in [0.15, 0.2) is 0 Å². The van der Waals surface area contributed by atoms with Gasteiger partial charge >= 0.3 is 0 Å². The number of H-pyrrole nitrogens is 3. The van der Waals surface area contributed by atoms with E-state index < -0.39 is 0 Å². The predicted octanol–water partition coefficient (Wildman–Crippen LogP) is 8.99. The number of aryl methyl sites for hydroxylation is 7. The summed E-state index contributed by atoms with van der Waals surface area (Å²) in [6.07, 6.45) is 17.5. The molecule has 0 atom stereocenters. The monoisotopic (exact) mass is 1020 g/mol. The fourth-order valence-electron chi connectivity index (χ4n) is 2.09. The van der Waals surface area contributed by atoms with Gasteiger partial charge in [-0.15, -0.1) is 0 Å². The van der Waals surface area contributed by atoms with Crippen molar-refractivity contribution >= 4 is 11.3 Å². The minimum Gasteiger partial charge on any atom is -0.548 e. The van der Waals surface area contributed by atoms with Crippen molar-refractivity contribution in [3.05, 3.63) is 168 Å². The Bertz CT molecular complexity index is 1130. The third-order valence-corrected chi connectivity index (χ3v) is 5.01. The van der Waals surface area contributed by atoms with Crippen LogP contribution in [0.4, 0.5) is 0 Å². The van der Waals surface area contributed by atoms with E-state index in [4.69, 9.17) is 4.42 Å². The number of thiophene rings is 1. The number of nitrogens with one attached hydrogen (secondary N) is 3. The minimum absolute atomic E-state index is 0. The summed E-state index contributed by atoms with van der Waals surface area (Å²) in [6.45, 7) is 13.6. The number of aromatic nitrogens is 9. The molecule has 299 valence electrons. The van der Waals surface area contributed by atoms with E-state index in [9.17, 15) is 0 Å². The molecule has 0 fully saturated rings. The van der Waals surface area contributed by atoms with Gasteiger partial charge in [-0.2, -0.15) is 26.6 Å². The Morgan fingerprint density at radius 1 is 0.685 bits per heavy atom. The molecule has 7 heterocycles.